The fourth-order valence-corrected chi connectivity index (χ4v) is 0.417. The van der Waals surface area contributed by atoms with Gasteiger partial charge in [0.2, 0.25) is 0 Å². The van der Waals surface area contributed by atoms with Gasteiger partial charge in [0, 0.05) is 23.5 Å². The van der Waals surface area contributed by atoms with Crippen LogP contribution in [0.3, 0.4) is 0 Å². The molecule has 0 amide bonds. The van der Waals surface area contributed by atoms with Gasteiger partial charge in [0.1, 0.15) is 0 Å². The zero-order valence-corrected chi connectivity index (χ0v) is 9.43. The van der Waals surface area contributed by atoms with E-state index in [4.69, 9.17) is 9.30 Å². The molecule has 0 aromatic rings. The van der Waals surface area contributed by atoms with E-state index in [1.165, 1.54) is 6.26 Å². The third kappa shape index (κ3) is 44.1. The predicted octanol–water partition coefficient (Wildman–Crippen LogP) is 2.22. The Balaban J connectivity index is -0.0000000580. The van der Waals surface area contributed by atoms with Crippen LogP contribution in [0.1, 0.15) is 0 Å². The molecule has 0 N–H and O–H groups in total. The van der Waals surface area contributed by atoms with E-state index in [0.29, 0.717) is 0 Å². The van der Waals surface area contributed by atoms with Gasteiger partial charge in [0.15, 0.2) is 0 Å². The first-order chi connectivity index (χ1) is 6.91. The molecule has 0 aliphatic heterocycles. The van der Waals surface area contributed by atoms with Crippen molar-refractivity contribution in [1.82, 2.24) is 0 Å². The standard InChI is InChI=1S/C5H5.C4H7O.2CO.Fe/c1-2-4-5-3-1;1-3-4-5-2;2*1-2;/h1-5H;3-4H,1H2,2H3;;;/q;-1;;;/b;4-3-;;;. The molecule has 0 atom stereocenters. The fourth-order valence-electron chi connectivity index (χ4n) is 0.417. The molecular formula is C11H12FeO3-. The van der Waals surface area contributed by atoms with Crippen molar-refractivity contribution in [2.75, 3.05) is 7.11 Å². The number of ether oxygens (including phenoxy) is 1. The molecule has 1 aliphatic carbocycles. The minimum atomic E-state index is 0. The number of rotatable bonds is 1. The van der Waals surface area contributed by atoms with E-state index in [-0.39, 0.29) is 17.1 Å². The minimum Gasteiger partial charge on any atom is -0.588 e. The van der Waals surface area contributed by atoms with Crippen LogP contribution in [0.4, 0.5) is 0 Å². The Kier molecular flexibility index (Phi) is 60.4. The molecule has 0 unspecified atom stereocenters. The van der Waals surface area contributed by atoms with Gasteiger partial charge in [-0.1, -0.05) is 30.6 Å². The Morgan fingerprint density at radius 3 is 1.53 bits per heavy atom. The van der Waals surface area contributed by atoms with Crippen LogP contribution in [0.15, 0.2) is 36.6 Å². The topological polar surface area (TPSA) is 49.0 Å². The summed E-state index contributed by atoms with van der Waals surface area (Å²) in [5.74, 6) is 0. The Morgan fingerprint density at radius 1 is 1.07 bits per heavy atom. The van der Waals surface area contributed by atoms with Crippen LogP contribution in [0.5, 0.6) is 0 Å². The van der Waals surface area contributed by atoms with E-state index in [1.807, 2.05) is 30.7 Å². The van der Waals surface area contributed by atoms with Crippen molar-refractivity contribution in [2.45, 2.75) is 0 Å². The van der Waals surface area contributed by atoms with Crippen LogP contribution in [-0.4, -0.2) is 7.11 Å². The van der Waals surface area contributed by atoms with E-state index in [1.54, 1.807) is 13.2 Å². The minimum absolute atomic E-state index is 0. The van der Waals surface area contributed by atoms with E-state index in [2.05, 4.69) is 25.0 Å². The van der Waals surface area contributed by atoms with Crippen molar-refractivity contribution in [3.05, 3.63) is 63.3 Å². The van der Waals surface area contributed by atoms with Crippen LogP contribution in [0.2, 0.25) is 0 Å². The number of hydrogen-bond acceptors (Lipinski definition) is 1. The Labute approximate surface area is 102 Å². The summed E-state index contributed by atoms with van der Waals surface area (Å²) in [4.78, 5) is 0. The Bertz CT molecular complexity index is 186. The van der Waals surface area contributed by atoms with Gasteiger partial charge < -0.3 is 4.74 Å². The average molecular weight is 248 g/mol. The summed E-state index contributed by atoms with van der Waals surface area (Å²) < 4.78 is 19.4. The molecule has 0 aromatic carbocycles. The van der Waals surface area contributed by atoms with Gasteiger partial charge in [0.25, 0.3) is 0 Å². The Morgan fingerprint density at radius 2 is 1.47 bits per heavy atom. The summed E-state index contributed by atoms with van der Waals surface area (Å²) in [5, 5.41) is 0. The number of methoxy groups -OCH3 is 1. The fraction of sp³-hybridized carbons (Fsp3) is 0.0909. The molecule has 1 rings (SSSR count). The molecule has 0 fully saturated rings. The molecule has 0 saturated heterocycles. The van der Waals surface area contributed by atoms with E-state index in [0.717, 1.165) is 0 Å². The van der Waals surface area contributed by atoms with Gasteiger partial charge in [-0.15, -0.1) is 0 Å². The summed E-state index contributed by atoms with van der Waals surface area (Å²) in [6, 6.07) is 0. The normalized spacial score (nSPS) is 9.13. The van der Waals surface area contributed by atoms with Crippen molar-refractivity contribution < 1.29 is 31.1 Å². The molecule has 4 heteroatoms. The van der Waals surface area contributed by atoms with Crippen molar-refractivity contribution >= 4 is 0 Å². The van der Waals surface area contributed by atoms with Crippen molar-refractivity contribution in [2.24, 2.45) is 0 Å². The Hall–Kier alpha value is -1.11. The molecule has 0 bridgehead atoms. The summed E-state index contributed by atoms with van der Waals surface area (Å²) in [6.45, 7) is 12.4. The third-order valence-corrected chi connectivity index (χ3v) is 0.788. The maximum atomic E-state index is 7.50. The molecule has 1 radical (unpaired) electrons. The number of hydrogen-bond donors (Lipinski definition) is 0. The molecular weight excluding hydrogens is 236 g/mol. The van der Waals surface area contributed by atoms with Gasteiger partial charge in [-0.05, 0) is 0 Å². The summed E-state index contributed by atoms with van der Waals surface area (Å²) in [7, 11) is 1.58. The van der Waals surface area contributed by atoms with Crippen LogP contribution >= 0.6 is 0 Å². The second-order valence-electron chi connectivity index (χ2n) is 1.57. The third-order valence-electron chi connectivity index (χ3n) is 0.788. The first kappa shape index (κ1) is 23.6. The van der Waals surface area contributed by atoms with Crippen LogP contribution in [0.25, 0.3) is 0 Å². The largest absolute Gasteiger partial charge is 0.588 e. The maximum absolute atomic E-state index is 7.50. The van der Waals surface area contributed by atoms with E-state index >= 15 is 0 Å². The van der Waals surface area contributed by atoms with Gasteiger partial charge in [-0.3, -0.25) is 0 Å². The van der Waals surface area contributed by atoms with E-state index < -0.39 is 0 Å². The van der Waals surface area contributed by atoms with E-state index in [9.17, 15) is 0 Å². The molecule has 1 aliphatic rings. The van der Waals surface area contributed by atoms with Gasteiger partial charge in [0.05, 0.1) is 7.11 Å². The average Bonchev–Trinajstić information content (AvgIpc) is 2.83. The second-order valence-corrected chi connectivity index (χ2v) is 1.57. The van der Waals surface area contributed by atoms with Crippen LogP contribution in [-0.2, 0) is 31.1 Å². The zero-order chi connectivity index (χ0) is 11.7. The molecule has 0 saturated carbocycles. The monoisotopic (exact) mass is 248 g/mol. The molecule has 83 valence electrons. The SMILES string of the molecule is [C-]#[O+].[C-]#[O+].[CH2-]/C=C\OC.[CH]1C=CC=C1.[Fe]. The molecule has 15 heavy (non-hydrogen) atoms. The molecule has 0 aromatic heterocycles. The molecule has 0 heterocycles. The van der Waals surface area contributed by atoms with Gasteiger partial charge in [-0.2, -0.15) is 6.08 Å². The quantitative estimate of drug-likeness (QED) is 0.304. The summed E-state index contributed by atoms with van der Waals surface area (Å²) in [5.41, 5.74) is 0. The second kappa shape index (κ2) is 38.4. The summed E-state index contributed by atoms with van der Waals surface area (Å²) >= 11 is 0. The van der Waals surface area contributed by atoms with Crippen LogP contribution < -0.4 is 0 Å². The first-order valence-corrected chi connectivity index (χ1v) is 3.46. The predicted molar refractivity (Wildman–Crippen MR) is 51.9 cm³/mol. The number of allylic oxidation sites excluding steroid dienone is 5. The van der Waals surface area contributed by atoms with Crippen molar-refractivity contribution in [3.8, 4) is 0 Å². The molecule has 0 spiro atoms. The van der Waals surface area contributed by atoms with Gasteiger partial charge in [-0.25, -0.2) is 6.92 Å². The van der Waals surface area contributed by atoms with Crippen molar-refractivity contribution in [3.63, 3.8) is 0 Å². The summed E-state index contributed by atoms with van der Waals surface area (Å²) in [6.07, 6.45) is 13.1. The molecule has 3 nitrogen and oxygen atoms in total. The van der Waals surface area contributed by atoms with Crippen molar-refractivity contribution in [1.29, 1.82) is 0 Å². The maximum Gasteiger partial charge on any atom is 0.0523 e. The zero-order valence-electron chi connectivity index (χ0n) is 8.33. The van der Waals surface area contributed by atoms with Crippen LogP contribution in [0, 0.1) is 26.6 Å². The van der Waals surface area contributed by atoms with Gasteiger partial charge >= 0.3 is 22.6 Å². The smallest absolute Gasteiger partial charge is 0.0523 e. The first-order valence-electron chi connectivity index (χ1n) is 3.46.